The Morgan fingerprint density at radius 3 is 2.93 bits per heavy atom. The molecule has 0 radical (unpaired) electrons. The zero-order valence-electron chi connectivity index (χ0n) is 8.14. The number of halogens is 1. The minimum absolute atomic E-state index is 0.275. The second-order valence-corrected chi connectivity index (χ2v) is 4.03. The number of diazo groups is 1. The summed E-state index contributed by atoms with van der Waals surface area (Å²) in [5, 5.41) is 10.8. The van der Waals surface area contributed by atoms with Gasteiger partial charge in [-0.3, -0.25) is 9.73 Å². The van der Waals surface area contributed by atoms with Crippen molar-refractivity contribution in [2.45, 2.75) is 5.72 Å². The Balaban J connectivity index is 2.79. The third-order valence-electron chi connectivity index (χ3n) is 2.45. The summed E-state index contributed by atoms with van der Waals surface area (Å²) >= 11 is 3.41. The van der Waals surface area contributed by atoms with Crippen molar-refractivity contribution < 1.29 is 4.74 Å². The Kier molecular flexibility index (Phi) is 2.55. The van der Waals surface area contributed by atoms with Gasteiger partial charge in [-0.15, -0.1) is 0 Å². The van der Waals surface area contributed by atoms with Gasteiger partial charge in [0.15, 0.2) is 11.5 Å². The molecule has 1 aromatic carbocycles. The van der Waals surface area contributed by atoms with E-state index in [4.69, 9.17) is 10.1 Å². The van der Waals surface area contributed by atoms with Crippen LogP contribution in [-0.2, 0) is 4.74 Å². The molecule has 0 saturated heterocycles. The van der Waals surface area contributed by atoms with Crippen molar-refractivity contribution >= 4 is 20.4 Å². The molecular weight excluding hydrogens is 258 g/mol. The monoisotopic (exact) mass is 266 g/mol. The van der Waals surface area contributed by atoms with Crippen molar-refractivity contribution in [3.8, 4) is 0 Å². The maximum atomic E-state index is 9.03. The van der Waals surface area contributed by atoms with Crippen LogP contribution < -0.4 is 10.6 Å². The lowest BCUT2D eigenvalue weighted by Gasteiger charge is -2.14. The van der Waals surface area contributed by atoms with Crippen LogP contribution in [0.25, 0.3) is 9.46 Å². The predicted molar refractivity (Wildman–Crippen MR) is 59.2 cm³/mol. The summed E-state index contributed by atoms with van der Waals surface area (Å²) in [6.45, 7) is 0.275. The number of nitrogens with zero attached hydrogens (tertiary/aromatic N) is 3. The normalized spacial score (nSPS) is 23.9. The first kappa shape index (κ1) is 10.3. The molecule has 0 bridgehead atoms. The molecule has 5 heteroatoms. The molecule has 2 rings (SSSR count). The molecule has 0 N–H and O–H groups in total. The Morgan fingerprint density at radius 2 is 2.27 bits per heavy atom. The number of fused-ring (bicyclic) bond motifs is 1. The predicted octanol–water partition coefficient (Wildman–Crippen LogP) is 1.02. The number of hydrogen-bond donors (Lipinski definition) is 0. The standard InChI is InChI=1S/C10H9BrN3O/c1-15-10(14-12)6-13-8-5-3-2-4-7(8)9(10)11/h2-5H,6H2,1H3/q+1. The summed E-state index contributed by atoms with van der Waals surface area (Å²) in [6.07, 6.45) is 0. The molecule has 1 atom stereocenters. The third kappa shape index (κ3) is 1.46. The van der Waals surface area contributed by atoms with Crippen LogP contribution in [0.15, 0.2) is 29.3 Å². The fourth-order valence-electron chi connectivity index (χ4n) is 1.54. The number of methoxy groups -OCH3 is 1. The van der Waals surface area contributed by atoms with Crippen LogP contribution in [0.2, 0.25) is 0 Å². The lowest BCUT2D eigenvalue weighted by atomic mass is 10.1. The van der Waals surface area contributed by atoms with Crippen LogP contribution >= 0.6 is 15.9 Å². The number of ether oxygens (including phenoxy) is 1. The highest BCUT2D eigenvalue weighted by molar-refractivity contribution is 9.15. The first-order chi connectivity index (χ1) is 7.23. The van der Waals surface area contributed by atoms with Crippen LogP contribution in [0.3, 0.4) is 0 Å². The second kappa shape index (κ2) is 3.72. The molecule has 1 unspecified atom stereocenters. The zero-order chi connectivity index (χ0) is 10.9. The first-order valence-corrected chi connectivity index (χ1v) is 5.24. The fourth-order valence-corrected chi connectivity index (χ4v) is 2.24. The molecule has 0 fully saturated rings. The van der Waals surface area contributed by atoms with Gasteiger partial charge in [0.1, 0.15) is 4.48 Å². The number of hydrogen-bond acceptors (Lipinski definition) is 3. The topological polar surface area (TPSA) is 49.7 Å². The maximum Gasteiger partial charge on any atom is 0.479 e. The van der Waals surface area contributed by atoms with Crippen molar-refractivity contribution in [3.05, 3.63) is 39.8 Å². The highest BCUT2D eigenvalue weighted by atomic mass is 79.9. The van der Waals surface area contributed by atoms with E-state index in [2.05, 4.69) is 25.9 Å². The Bertz CT molecular complexity index is 549. The third-order valence-corrected chi connectivity index (χ3v) is 3.49. The van der Waals surface area contributed by atoms with Crippen molar-refractivity contribution in [1.29, 1.82) is 5.39 Å². The number of rotatable bonds is 1. The molecular formula is C10H9BrN3O+. The van der Waals surface area contributed by atoms with E-state index in [1.165, 1.54) is 7.11 Å². The Morgan fingerprint density at radius 1 is 1.53 bits per heavy atom. The molecule has 0 saturated carbocycles. The van der Waals surface area contributed by atoms with Gasteiger partial charge in [-0.05, 0) is 22.0 Å². The lowest BCUT2D eigenvalue weighted by molar-refractivity contribution is 0.0870. The average Bonchev–Trinajstić information content (AvgIpc) is 2.31. The van der Waals surface area contributed by atoms with Gasteiger partial charge in [-0.25, -0.2) is 0 Å². The van der Waals surface area contributed by atoms with Crippen molar-refractivity contribution in [2.24, 2.45) is 4.99 Å². The summed E-state index contributed by atoms with van der Waals surface area (Å²) in [4.78, 5) is 7.59. The summed E-state index contributed by atoms with van der Waals surface area (Å²) in [5.74, 6) is 0. The Hall–Kier alpha value is -1.25. The molecule has 0 spiro atoms. The van der Waals surface area contributed by atoms with E-state index in [9.17, 15) is 0 Å². The number of para-hydroxylation sites is 1. The van der Waals surface area contributed by atoms with Crippen molar-refractivity contribution in [3.63, 3.8) is 0 Å². The minimum Gasteiger partial charge on any atom is -0.299 e. The van der Waals surface area contributed by atoms with Crippen LogP contribution in [0.5, 0.6) is 0 Å². The van der Waals surface area contributed by atoms with Gasteiger partial charge in [-0.1, -0.05) is 18.2 Å². The summed E-state index contributed by atoms with van der Waals surface area (Å²) in [6, 6.07) is 7.63. The van der Waals surface area contributed by atoms with E-state index in [-0.39, 0.29) is 6.54 Å². The van der Waals surface area contributed by atoms with E-state index in [0.29, 0.717) is 4.48 Å². The van der Waals surface area contributed by atoms with E-state index in [1.807, 2.05) is 24.3 Å². The first-order valence-electron chi connectivity index (χ1n) is 4.45. The SMILES string of the molecule is COC1([N+]#N)CN=c2ccccc2=C1Br. The fraction of sp³-hybridized carbons (Fsp3) is 0.300. The van der Waals surface area contributed by atoms with Gasteiger partial charge in [0.05, 0.1) is 5.36 Å². The molecule has 4 nitrogen and oxygen atoms in total. The molecule has 1 aliphatic heterocycles. The molecule has 1 heterocycles. The van der Waals surface area contributed by atoms with E-state index in [1.54, 1.807) is 0 Å². The van der Waals surface area contributed by atoms with Crippen LogP contribution in [-0.4, -0.2) is 19.4 Å². The van der Waals surface area contributed by atoms with E-state index in [0.717, 1.165) is 10.6 Å². The second-order valence-electron chi connectivity index (χ2n) is 3.24. The highest BCUT2D eigenvalue weighted by Gasteiger charge is 2.50. The zero-order valence-corrected chi connectivity index (χ0v) is 9.73. The minimum atomic E-state index is -1.09. The molecule has 1 aromatic rings. The summed E-state index contributed by atoms with van der Waals surface area (Å²) in [7, 11) is 1.49. The van der Waals surface area contributed by atoms with E-state index >= 15 is 0 Å². The van der Waals surface area contributed by atoms with Crippen LogP contribution in [0, 0.1) is 5.39 Å². The van der Waals surface area contributed by atoms with Gasteiger partial charge in [0.25, 0.3) is 0 Å². The largest absolute Gasteiger partial charge is 0.479 e. The summed E-state index contributed by atoms with van der Waals surface area (Å²) in [5.41, 5.74) is -1.09. The molecule has 0 aromatic heterocycles. The average molecular weight is 267 g/mol. The molecule has 1 aliphatic rings. The molecule has 15 heavy (non-hydrogen) atoms. The Labute approximate surface area is 95.0 Å². The summed E-state index contributed by atoms with van der Waals surface area (Å²) < 4.78 is 5.90. The molecule has 0 aliphatic carbocycles. The van der Waals surface area contributed by atoms with Gasteiger partial charge >= 0.3 is 5.72 Å². The van der Waals surface area contributed by atoms with Gasteiger partial charge < -0.3 is 0 Å². The van der Waals surface area contributed by atoms with Crippen LogP contribution in [0.1, 0.15) is 0 Å². The lowest BCUT2D eigenvalue weighted by Crippen LogP contribution is -2.43. The maximum absolute atomic E-state index is 9.03. The van der Waals surface area contributed by atoms with Crippen LogP contribution in [0.4, 0.5) is 0 Å². The number of benzene rings is 1. The van der Waals surface area contributed by atoms with Crippen molar-refractivity contribution in [1.82, 2.24) is 0 Å². The molecule has 0 amide bonds. The van der Waals surface area contributed by atoms with Crippen molar-refractivity contribution in [2.75, 3.05) is 13.7 Å². The van der Waals surface area contributed by atoms with E-state index < -0.39 is 5.72 Å². The van der Waals surface area contributed by atoms with Gasteiger partial charge in [0, 0.05) is 12.3 Å². The van der Waals surface area contributed by atoms with Gasteiger partial charge in [0.2, 0.25) is 5.39 Å². The smallest absolute Gasteiger partial charge is 0.299 e. The quantitative estimate of drug-likeness (QED) is 0.713. The van der Waals surface area contributed by atoms with Gasteiger partial charge in [-0.2, -0.15) is 0 Å². The molecule has 76 valence electrons. The highest BCUT2D eigenvalue weighted by Crippen LogP contribution is 2.29.